The van der Waals surface area contributed by atoms with E-state index < -0.39 is 5.97 Å². The monoisotopic (exact) mass is 354 g/mol. The molecule has 1 aromatic carbocycles. The maximum Gasteiger partial charge on any atom is 0.303 e. The molecular weight excluding hydrogens is 332 g/mol. The maximum atomic E-state index is 12.7. The summed E-state index contributed by atoms with van der Waals surface area (Å²) in [6.07, 6.45) is 3.57. The Labute approximate surface area is 152 Å². The fraction of sp³-hybridized carbons (Fsp3) is 0.368. The van der Waals surface area contributed by atoms with Crippen molar-refractivity contribution in [3.63, 3.8) is 0 Å². The van der Waals surface area contributed by atoms with Gasteiger partial charge in [-0.25, -0.2) is 9.97 Å². The molecule has 26 heavy (non-hydrogen) atoms. The van der Waals surface area contributed by atoms with Crippen molar-refractivity contribution in [2.75, 3.05) is 31.1 Å². The first-order chi connectivity index (χ1) is 12.6. The lowest BCUT2D eigenvalue weighted by molar-refractivity contribution is -0.138. The topological polar surface area (TPSA) is 86.6 Å². The highest BCUT2D eigenvalue weighted by Gasteiger charge is 2.26. The van der Waals surface area contributed by atoms with E-state index in [1.807, 2.05) is 30.3 Å². The van der Waals surface area contributed by atoms with Gasteiger partial charge in [0.25, 0.3) is 0 Å². The summed E-state index contributed by atoms with van der Waals surface area (Å²) in [6.45, 7) is 2.52. The van der Waals surface area contributed by atoms with Crippen LogP contribution in [0.25, 0.3) is 0 Å². The van der Waals surface area contributed by atoms with Crippen LogP contribution in [0.5, 0.6) is 0 Å². The number of benzene rings is 1. The predicted octanol–water partition coefficient (Wildman–Crippen LogP) is 1.77. The second kappa shape index (κ2) is 8.42. The Morgan fingerprint density at radius 1 is 0.962 bits per heavy atom. The van der Waals surface area contributed by atoms with Gasteiger partial charge >= 0.3 is 5.97 Å². The number of hydrogen-bond acceptors (Lipinski definition) is 5. The summed E-state index contributed by atoms with van der Waals surface area (Å²) in [6, 6.07) is 11.2. The molecular formula is C19H22N4O3. The molecule has 0 unspecified atom stereocenters. The molecule has 1 aromatic heterocycles. The average Bonchev–Trinajstić information content (AvgIpc) is 2.68. The summed E-state index contributed by atoms with van der Waals surface area (Å²) in [4.78, 5) is 36.2. The highest BCUT2D eigenvalue weighted by Crippen LogP contribution is 2.25. The minimum Gasteiger partial charge on any atom is -0.481 e. The van der Waals surface area contributed by atoms with Gasteiger partial charge in [0.1, 0.15) is 0 Å². The van der Waals surface area contributed by atoms with Gasteiger partial charge in [-0.05, 0) is 11.6 Å². The normalized spacial score (nSPS) is 15.5. The average molecular weight is 354 g/mol. The van der Waals surface area contributed by atoms with Crippen LogP contribution < -0.4 is 4.90 Å². The number of carbonyl (C=O) groups excluding carboxylic acids is 1. The SMILES string of the molecule is O=C(O)C[C@@H](CC(=O)N1CCN(c2ncccn2)CC1)c1ccccc1. The fourth-order valence-electron chi connectivity index (χ4n) is 3.19. The van der Waals surface area contributed by atoms with E-state index in [1.165, 1.54) is 0 Å². The van der Waals surface area contributed by atoms with Crippen LogP contribution in [0.3, 0.4) is 0 Å². The molecule has 2 heterocycles. The molecule has 7 heteroatoms. The van der Waals surface area contributed by atoms with E-state index in [0.29, 0.717) is 32.1 Å². The molecule has 1 N–H and O–H groups in total. The van der Waals surface area contributed by atoms with Crippen molar-refractivity contribution in [3.8, 4) is 0 Å². The zero-order valence-electron chi connectivity index (χ0n) is 14.5. The first-order valence-electron chi connectivity index (χ1n) is 8.70. The lowest BCUT2D eigenvalue weighted by atomic mass is 9.92. The van der Waals surface area contributed by atoms with Crippen molar-refractivity contribution in [1.29, 1.82) is 0 Å². The second-order valence-electron chi connectivity index (χ2n) is 6.33. The van der Waals surface area contributed by atoms with Crippen molar-refractivity contribution in [2.45, 2.75) is 18.8 Å². The minimum absolute atomic E-state index is 0.00580. The zero-order chi connectivity index (χ0) is 18.4. The van der Waals surface area contributed by atoms with Crippen LogP contribution in [0.15, 0.2) is 48.8 Å². The molecule has 1 atom stereocenters. The van der Waals surface area contributed by atoms with Crippen LogP contribution in [-0.2, 0) is 9.59 Å². The highest BCUT2D eigenvalue weighted by molar-refractivity contribution is 5.79. The minimum atomic E-state index is -0.891. The number of rotatable bonds is 6. The molecule has 1 saturated heterocycles. The predicted molar refractivity (Wildman–Crippen MR) is 96.9 cm³/mol. The summed E-state index contributed by atoms with van der Waals surface area (Å²) in [5.41, 5.74) is 0.888. The van der Waals surface area contributed by atoms with Gasteiger partial charge in [0.05, 0.1) is 6.42 Å². The Hall–Kier alpha value is -2.96. The van der Waals surface area contributed by atoms with E-state index in [1.54, 1.807) is 23.4 Å². The molecule has 1 aliphatic heterocycles. The van der Waals surface area contributed by atoms with Crippen LogP contribution in [-0.4, -0.2) is 58.0 Å². The Morgan fingerprint density at radius 3 is 2.23 bits per heavy atom. The summed E-state index contributed by atoms with van der Waals surface area (Å²) in [7, 11) is 0. The number of aromatic nitrogens is 2. The number of piperazine rings is 1. The Balaban J connectivity index is 1.59. The zero-order valence-corrected chi connectivity index (χ0v) is 14.5. The van der Waals surface area contributed by atoms with E-state index in [0.717, 1.165) is 5.56 Å². The highest BCUT2D eigenvalue weighted by atomic mass is 16.4. The van der Waals surface area contributed by atoms with E-state index in [-0.39, 0.29) is 24.7 Å². The second-order valence-corrected chi connectivity index (χ2v) is 6.33. The van der Waals surface area contributed by atoms with Crippen molar-refractivity contribution in [2.24, 2.45) is 0 Å². The van der Waals surface area contributed by atoms with Gasteiger partial charge in [0.2, 0.25) is 11.9 Å². The number of carboxylic acid groups (broad SMARTS) is 1. The van der Waals surface area contributed by atoms with Gasteiger partial charge in [0, 0.05) is 50.9 Å². The molecule has 0 spiro atoms. The molecule has 1 fully saturated rings. The summed E-state index contributed by atoms with van der Waals surface area (Å²) >= 11 is 0. The number of carboxylic acids is 1. The number of carbonyl (C=O) groups is 2. The third kappa shape index (κ3) is 4.56. The first kappa shape index (κ1) is 17.8. The third-order valence-corrected chi connectivity index (χ3v) is 4.58. The molecule has 136 valence electrons. The smallest absolute Gasteiger partial charge is 0.303 e. The van der Waals surface area contributed by atoms with Crippen LogP contribution in [0.2, 0.25) is 0 Å². The van der Waals surface area contributed by atoms with Gasteiger partial charge in [-0.2, -0.15) is 0 Å². The molecule has 0 radical (unpaired) electrons. The Kier molecular flexibility index (Phi) is 5.78. The number of aliphatic carboxylic acids is 1. The van der Waals surface area contributed by atoms with Crippen LogP contribution in [0.4, 0.5) is 5.95 Å². The number of anilines is 1. The van der Waals surface area contributed by atoms with E-state index >= 15 is 0 Å². The van der Waals surface area contributed by atoms with Gasteiger partial charge < -0.3 is 14.9 Å². The third-order valence-electron chi connectivity index (χ3n) is 4.58. The summed E-state index contributed by atoms with van der Waals surface area (Å²) in [5.74, 6) is -0.532. The van der Waals surface area contributed by atoms with Crippen molar-refractivity contribution in [1.82, 2.24) is 14.9 Å². The van der Waals surface area contributed by atoms with E-state index in [4.69, 9.17) is 0 Å². The quantitative estimate of drug-likeness (QED) is 0.851. The molecule has 2 aromatic rings. The van der Waals surface area contributed by atoms with Crippen molar-refractivity contribution < 1.29 is 14.7 Å². The van der Waals surface area contributed by atoms with E-state index in [9.17, 15) is 14.7 Å². The molecule has 7 nitrogen and oxygen atoms in total. The molecule has 1 aliphatic rings. The van der Waals surface area contributed by atoms with Crippen molar-refractivity contribution in [3.05, 3.63) is 54.4 Å². The van der Waals surface area contributed by atoms with Crippen LogP contribution in [0.1, 0.15) is 24.3 Å². The van der Waals surface area contributed by atoms with E-state index in [2.05, 4.69) is 14.9 Å². The number of amides is 1. The standard InChI is InChI=1S/C19H22N4O3/c24-17(13-16(14-18(25)26)15-5-2-1-3-6-15)22-9-11-23(12-10-22)19-20-7-4-8-21-19/h1-8,16H,9-14H2,(H,25,26)/t16-/m1/s1. The summed E-state index contributed by atoms with van der Waals surface area (Å²) in [5, 5.41) is 9.18. The molecule has 1 amide bonds. The van der Waals surface area contributed by atoms with Crippen LogP contribution >= 0.6 is 0 Å². The molecule has 0 bridgehead atoms. The lowest BCUT2D eigenvalue weighted by Crippen LogP contribution is -2.49. The summed E-state index contributed by atoms with van der Waals surface area (Å²) < 4.78 is 0. The van der Waals surface area contributed by atoms with Gasteiger partial charge in [-0.3, -0.25) is 9.59 Å². The van der Waals surface area contributed by atoms with Gasteiger partial charge in [0.15, 0.2) is 0 Å². The Morgan fingerprint density at radius 2 is 1.62 bits per heavy atom. The number of nitrogens with zero attached hydrogens (tertiary/aromatic N) is 4. The first-order valence-corrected chi connectivity index (χ1v) is 8.70. The number of hydrogen-bond donors (Lipinski definition) is 1. The van der Waals surface area contributed by atoms with Gasteiger partial charge in [-0.15, -0.1) is 0 Å². The largest absolute Gasteiger partial charge is 0.481 e. The molecule has 3 rings (SSSR count). The fourth-order valence-corrected chi connectivity index (χ4v) is 3.19. The Bertz CT molecular complexity index is 731. The maximum absolute atomic E-state index is 12.7. The lowest BCUT2D eigenvalue weighted by Gasteiger charge is -2.35. The van der Waals surface area contributed by atoms with Gasteiger partial charge in [-0.1, -0.05) is 30.3 Å². The molecule has 0 aliphatic carbocycles. The van der Waals surface area contributed by atoms with Crippen molar-refractivity contribution >= 4 is 17.8 Å². The van der Waals surface area contributed by atoms with Crippen LogP contribution in [0, 0.1) is 0 Å². The molecule has 0 saturated carbocycles.